The van der Waals surface area contributed by atoms with Gasteiger partial charge in [-0.3, -0.25) is 9.79 Å². The summed E-state index contributed by atoms with van der Waals surface area (Å²) in [5.74, 6) is 0.623. The van der Waals surface area contributed by atoms with E-state index in [2.05, 4.69) is 9.98 Å². The van der Waals surface area contributed by atoms with Crippen LogP contribution in [0.2, 0.25) is 0 Å². The molecular formula is C19H23N3O3. The number of aromatic nitrogens is 2. The maximum absolute atomic E-state index is 12.4. The molecule has 0 saturated heterocycles. The highest BCUT2D eigenvalue weighted by molar-refractivity contribution is 6.23. The molecule has 1 aliphatic carbocycles. The molecule has 2 N–H and O–H groups in total. The van der Waals surface area contributed by atoms with Crippen LogP contribution < -0.4 is 0 Å². The Morgan fingerprint density at radius 3 is 2.72 bits per heavy atom. The Kier molecular flexibility index (Phi) is 4.24. The van der Waals surface area contributed by atoms with E-state index in [0.717, 1.165) is 11.0 Å². The number of carbonyl (C=O) groups excluding carboxylic acids is 1. The van der Waals surface area contributed by atoms with E-state index in [1.165, 1.54) is 0 Å². The summed E-state index contributed by atoms with van der Waals surface area (Å²) >= 11 is 0. The van der Waals surface area contributed by atoms with Gasteiger partial charge in [0.1, 0.15) is 18.2 Å². The summed E-state index contributed by atoms with van der Waals surface area (Å²) in [5.41, 5.74) is 2.91. The Morgan fingerprint density at radius 2 is 2.08 bits per heavy atom. The topological polar surface area (TPSA) is 87.7 Å². The third kappa shape index (κ3) is 3.22. The average Bonchev–Trinajstić information content (AvgIpc) is 2.81. The fourth-order valence-electron chi connectivity index (χ4n) is 3.40. The fraction of sp³-hybridized carbons (Fsp3) is 0.421. The highest BCUT2D eigenvalue weighted by Gasteiger charge is 2.34. The monoisotopic (exact) mass is 341 g/mol. The summed E-state index contributed by atoms with van der Waals surface area (Å²) < 4.78 is 1.83. The molecule has 0 spiro atoms. The van der Waals surface area contributed by atoms with E-state index < -0.39 is 0 Å². The molecule has 25 heavy (non-hydrogen) atoms. The molecule has 0 radical (unpaired) electrons. The number of aliphatic hydroxyl groups is 2. The number of aryl methyl sites for hydroxylation is 1. The number of imidazole rings is 1. The number of Topliss-reactive ketones (excluding diaryl/α,β-unsaturated/α-hetero) is 1. The van der Waals surface area contributed by atoms with Gasteiger partial charge in [0, 0.05) is 19.9 Å². The third-order valence-corrected chi connectivity index (χ3v) is 4.61. The van der Waals surface area contributed by atoms with Gasteiger partial charge in [0.2, 0.25) is 0 Å². The van der Waals surface area contributed by atoms with Crippen LogP contribution >= 0.6 is 0 Å². The number of ketones is 1. The van der Waals surface area contributed by atoms with Gasteiger partial charge in [0.05, 0.1) is 28.0 Å². The molecule has 0 unspecified atom stereocenters. The minimum Gasteiger partial charge on any atom is -0.511 e. The van der Waals surface area contributed by atoms with Gasteiger partial charge in [-0.2, -0.15) is 0 Å². The summed E-state index contributed by atoms with van der Waals surface area (Å²) in [6.07, 6.45) is 0.873. The number of carbonyl (C=O) groups is 1. The number of aliphatic hydroxyl groups excluding tert-OH is 2. The minimum atomic E-state index is -0.224. The fourth-order valence-corrected chi connectivity index (χ4v) is 3.40. The number of nitrogens with zero attached hydrogens (tertiary/aromatic N) is 3. The zero-order valence-electron chi connectivity index (χ0n) is 15.0. The van der Waals surface area contributed by atoms with Gasteiger partial charge in [-0.05, 0) is 30.5 Å². The first kappa shape index (κ1) is 17.4. The van der Waals surface area contributed by atoms with Gasteiger partial charge in [-0.1, -0.05) is 13.8 Å². The summed E-state index contributed by atoms with van der Waals surface area (Å²) in [5, 5.41) is 19.6. The predicted octanol–water partition coefficient (Wildman–Crippen LogP) is 3.36. The second kappa shape index (κ2) is 6.11. The minimum absolute atomic E-state index is 0.0727. The Morgan fingerprint density at radius 1 is 1.36 bits per heavy atom. The second-order valence-electron chi connectivity index (χ2n) is 7.38. The largest absolute Gasteiger partial charge is 0.511 e. The predicted molar refractivity (Wildman–Crippen MR) is 97.1 cm³/mol. The van der Waals surface area contributed by atoms with E-state index in [9.17, 15) is 15.0 Å². The van der Waals surface area contributed by atoms with Crippen molar-refractivity contribution in [3.63, 3.8) is 0 Å². The van der Waals surface area contributed by atoms with Crippen LogP contribution in [0.5, 0.6) is 0 Å². The van der Waals surface area contributed by atoms with Crippen molar-refractivity contribution >= 4 is 28.2 Å². The highest BCUT2D eigenvalue weighted by atomic mass is 16.3. The maximum Gasteiger partial charge on any atom is 0.168 e. The van der Waals surface area contributed by atoms with Crippen LogP contribution in [-0.4, -0.2) is 31.3 Å². The van der Waals surface area contributed by atoms with E-state index in [1.807, 2.05) is 43.7 Å². The molecule has 0 bridgehead atoms. The molecule has 1 aromatic heterocycles. The number of rotatable bonds is 3. The molecule has 2 aromatic rings. The standard InChI is InChI=1S/C19H23N3O3/c1-11(18-15(24)8-19(2,3)9-16(18)25)20-12-5-6-14-13(7-12)21-17(10-23)22(14)4/h5-7,23-24H,8-10H2,1-4H3. The second-order valence-corrected chi connectivity index (χ2v) is 7.38. The van der Waals surface area contributed by atoms with Crippen LogP contribution in [0.15, 0.2) is 34.5 Å². The number of benzene rings is 1. The molecule has 0 saturated carbocycles. The summed E-state index contributed by atoms with van der Waals surface area (Å²) in [6, 6.07) is 5.53. The number of allylic oxidation sites excluding steroid dienone is 2. The molecule has 1 heterocycles. The van der Waals surface area contributed by atoms with E-state index >= 15 is 0 Å². The van der Waals surface area contributed by atoms with E-state index in [4.69, 9.17) is 0 Å². The summed E-state index contributed by atoms with van der Waals surface area (Å²) in [6.45, 7) is 5.55. The molecular weight excluding hydrogens is 318 g/mol. The Hall–Kier alpha value is -2.47. The van der Waals surface area contributed by atoms with Crippen LogP contribution in [0.3, 0.4) is 0 Å². The lowest BCUT2D eigenvalue weighted by Gasteiger charge is -2.29. The Labute approximate surface area is 146 Å². The molecule has 0 amide bonds. The van der Waals surface area contributed by atoms with Gasteiger partial charge in [-0.15, -0.1) is 0 Å². The van der Waals surface area contributed by atoms with Gasteiger partial charge in [0.15, 0.2) is 5.78 Å². The Balaban J connectivity index is 2.00. The number of fused-ring (bicyclic) bond motifs is 1. The molecule has 0 atom stereocenters. The molecule has 6 nitrogen and oxygen atoms in total. The lowest BCUT2D eigenvalue weighted by Crippen LogP contribution is -2.28. The van der Waals surface area contributed by atoms with E-state index in [-0.39, 0.29) is 23.6 Å². The van der Waals surface area contributed by atoms with Crippen molar-refractivity contribution in [3.05, 3.63) is 35.4 Å². The lowest BCUT2D eigenvalue weighted by atomic mass is 9.76. The normalized spacial score (nSPS) is 18.3. The molecule has 0 aliphatic heterocycles. The van der Waals surface area contributed by atoms with Crippen molar-refractivity contribution < 1.29 is 15.0 Å². The number of aliphatic imine (C=N–C) groups is 1. The van der Waals surface area contributed by atoms with Crippen molar-refractivity contribution in [3.8, 4) is 0 Å². The van der Waals surface area contributed by atoms with Crippen LogP contribution in [-0.2, 0) is 18.4 Å². The number of hydrogen-bond donors (Lipinski definition) is 2. The van der Waals surface area contributed by atoms with Crippen molar-refractivity contribution in [2.45, 2.75) is 40.2 Å². The molecule has 6 heteroatoms. The lowest BCUT2D eigenvalue weighted by molar-refractivity contribution is -0.117. The van der Waals surface area contributed by atoms with E-state index in [1.54, 1.807) is 6.92 Å². The molecule has 3 rings (SSSR count). The van der Waals surface area contributed by atoms with Crippen molar-refractivity contribution in [1.29, 1.82) is 0 Å². The summed E-state index contributed by atoms with van der Waals surface area (Å²) in [7, 11) is 1.85. The molecule has 1 aromatic carbocycles. The zero-order chi connectivity index (χ0) is 18.4. The van der Waals surface area contributed by atoms with E-state index in [0.29, 0.717) is 35.6 Å². The van der Waals surface area contributed by atoms with Crippen LogP contribution in [0, 0.1) is 5.41 Å². The average molecular weight is 341 g/mol. The van der Waals surface area contributed by atoms with Gasteiger partial charge >= 0.3 is 0 Å². The third-order valence-electron chi connectivity index (χ3n) is 4.61. The van der Waals surface area contributed by atoms with Gasteiger partial charge < -0.3 is 14.8 Å². The maximum atomic E-state index is 12.4. The van der Waals surface area contributed by atoms with Crippen LogP contribution in [0.1, 0.15) is 39.4 Å². The van der Waals surface area contributed by atoms with Gasteiger partial charge in [0.25, 0.3) is 0 Å². The van der Waals surface area contributed by atoms with Crippen molar-refractivity contribution in [2.24, 2.45) is 17.5 Å². The molecule has 132 valence electrons. The van der Waals surface area contributed by atoms with Crippen LogP contribution in [0.25, 0.3) is 11.0 Å². The zero-order valence-corrected chi connectivity index (χ0v) is 15.0. The first-order valence-electron chi connectivity index (χ1n) is 8.29. The molecule has 1 aliphatic rings. The summed E-state index contributed by atoms with van der Waals surface area (Å²) in [4.78, 5) is 21.3. The Bertz CT molecular complexity index is 919. The highest BCUT2D eigenvalue weighted by Crippen LogP contribution is 2.36. The SMILES string of the molecule is CC(=Nc1ccc2c(c1)nc(CO)n2C)C1=C(O)CC(C)(C)CC1=O. The first-order chi connectivity index (χ1) is 11.7. The first-order valence-corrected chi connectivity index (χ1v) is 8.29. The van der Waals surface area contributed by atoms with Crippen molar-refractivity contribution in [2.75, 3.05) is 0 Å². The smallest absolute Gasteiger partial charge is 0.168 e. The van der Waals surface area contributed by atoms with Crippen LogP contribution in [0.4, 0.5) is 5.69 Å². The van der Waals surface area contributed by atoms with Crippen molar-refractivity contribution in [1.82, 2.24) is 9.55 Å². The van der Waals surface area contributed by atoms with Gasteiger partial charge in [-0.25, -0.2) is 4.98 Å². The quantitative estimate of drug-likeness (QED) is 0.838. The number of hydrogen-bond acceptors (Lipinski definition) is 5. The molecule has 0 fully saturated rings.